The molecule has 104 valence electrons. The fourth-order valence-corrected chi connectivity index (χ4v) is 1.47. The zero-order chi connectivity index (χ0) is 15.1. The van der Waals surface area contributed by atoms with Crippen LogP contribution in [0.2, 0.25) is 0 Å². The van der Waals surface area contributed by atoms with E-state index in [0.717, 1.165) is 11.1 Å². The zero-order valence-corrected chi connectivity index (χ0v) is 11.3. The topological polar surface area (TPSA) is 74.6 Å². The molecule has 4 heteroatoms. The van der Waals surface area contributed by atoms with Crippen LogP contribution in [0.15, 0.2) is 48.5 Å². The van der Waals surface area contributed by atoms with E-state index in [2.05, 4.69) is 0 Å². The normalized spacial score (nSPS) is 9.30. The van der Waals surface area contributed by atoms with Crippen molar-refractivity contribution < 1.29 is 19.8 Å². The van der Waals surface area contributed by atoms with E-state index < -0.39 is 11.9 Å². The molecule has 0 spiro atoms. The molecular weight excluding hydrogens is 256 g/mol. The highest BCUT2D eigenvalue weighted by atomic mass is 16.4. The van der Waals surface area contributed by atoms with Gasteiger partial charge in [-0.05, 0) is 38.1 Å². The molecule has 4 nitrogen and oxygen atoms in total. The second-order valence-corrected chi connectivity index (χ2v) is 4.35. The average molecular weight is 272 g/mol. The van der Waals surface area contributed by atoms with Crippen molar-refractivity contribution in [3.05, 3.63) is 70.8 Å². The SMILES string of the molecule is Cc1ccc(C(=O)O)cc1.Cc1cccc(C(=O)O)c1. The van der Waals surface area contributed by atoms with Gasteiger partial charge in [0.25, 0.3) is 0 Å². The number of hydrogen-bond acceptors (Lipinski definition) is 2. The Labute approximate surface area is 117 Å². The molecule has 0 radical (unpaired) electrons. The van der Waals surface area contributed by atoms with E-state index in [9.17, 15) is 9.59 Å². The van der Waals surface area contributed by atoms with Gasteiger partial charge < -0.3 is 10.2 Å². The van der Waals surface area contributed by atoms with E-state index in [-0.39, 0.29) is 0 Å². The number of carboxylic acid groups (broad SMARTS) is 2. The monoisotopic (exact) mass is 272 g/mol. The van der Waals surface area contributed by atoms with Gasteiger partial charge in [-0.3, -0.25) is 0 Å². The lowest BCUT2D eigenvalue weighted by Crippen LogP contribution is -1.95. The quantitative estimate of drug-likeness (QED) is 0.878. The van der Waals surface area contributed by atoms with Gasteiger partial charge in [0.2, 0.25) is 0 Å². The predicted molar refractivity (Wildman–Crippen MR) is 76.3 cm³/mol. The van der Waals surface area contributed by atoms with Gasteiger partial charge >= 0.3 is 11.9 Å². The summed E-state index contributed by atoms with van der Waals surface area (Å²) in [7, 11) is 0. The largest absolute Gasteiger partial charge is 0.478 e. The van der Waals surface area contributed by atoms with Crippen molar-refractivity contribution in [2.75, 3.05) is 0 Å². The molecule has 20 heavy (non-hydrogen) atoms. The lowest BCUT2D eigenvalue weighted by Gasteiger charge is -1.93. The van der Waals surface area contributed by atoms with Gasteiger partial charge in [0, 0.05) is 0 Å². The van der Waals surface area contributed by atoms with Crippen LogP contribution in [0.4, 0.5) is 0 Å². The molecule has 0 aliphatic heterocycles. The molecule has 0 aromatic heterocycles. The summed E-state index contributed by atoms with van der Waals surface area (Å²) in [6.45, 7) is 3.79. The van der Waals surface area contributed by atoms with Crippen molar-refractivity contribution >= 4 is 11.9 Å². The molecule has 0 saturated heterocycles. The van der Waals surface area contributed by atoms with Crippen molar-refractivity contribution in [3.63, 3.8) is 0 Å². The molecule has 2 aromatic rings. The van der Waals surface area contributed by atoms with E-state index in [1.165, 1.54) is 0 Å². The number of aromatic carboxylic acids is 2. The molecule has 0 bridgehead atoms. The Kier molecular flexibility index (Phi) is 5.47. The van der Waals surface area contributed by atoms with Gasteiger partial charge in [-0.25, -0.2) is 9.59 Å². The molecule has 0 saturated carbocycles. The van der Waals surface area contributed by atoms with Crippen molar-refractivity contribution in [2.24, 2.45) is 0 Å². The Morgan fingerprint density at radius 3 is 1.70 bits per heavy atom. The third kappa shape index (κ3) is 4.94. The van der Waals surface area contributed by atoms with E-state index in [1.807, 2.05) is 19.9 Å². The van der Waals surface area contributed by atoms with Gasteiger partial charge in [0.05, 0.1) is 11.1 Å². The second kappa shape index (κ2) is 7.09. The van der Waals surface area contributed by atoms with Crippen molar-refractivity contribution in [2.45, 2.75) is 13.8 Å². The van der Waals surface area contributed by atoms with Crippen LogP contribution >= 0.6 is 0 Å². The summed E-state index contributed by atoms with van der Waals surface area (Å²) >= 11 is 0. The van der Waals surface area contributed by atoms with Gasteiger partial charge in [0.1, 0.15) is 0 Å². The summed E-state index contributed by atoms with van der Waals surface area (Å²) in [5.41, 5.74) is 2.73. The Morgan fingerprint density at radius 1 is 0.750 bits per heavy atom. The zero-order valence-electron chi connectivity index (χ0n) is 11.3. The van der Waals surface area contributed by atoms with Gasteiger partial charge in [-0.2, -0.15) is 0 Å². The summed E-state index contributed by atoms with van der Waals surface area (Å²) < 4.78 is 0. The molecular formula is C16H16O4. The number of carboxylic acids is 2. The van der Waals surface area contributed by atoms with Crippen LogP contribution in [-0.2, 0) is 0 Å². The first-order chi connectivity index (χ1) is 9.40. The standard InChI is InChI=1S/2C8H8O2/c1-6-2-4-7(5-3-6)8(9)10;1-6-3-2-4-7(5-6)8(9)10/h2*2-5H,1H3,(H,9,10). The van der Waals surface area contributed by atoms with E-state index >= 15 is 0 Å². The van der Waals surface area contributed by atoms with Crippen LogP contribution in [0, 0.1) is 13.8 Å². The maximum absolute atomic E-state index is 10.4. The summed E-state index contributed by atoms with van der Waals surface area (Å²) in [6, 6.07) is 13.6. The fraction of sp³-hybridized carbons (Fsp3) is 0.125. The van der Waals surface area contributed by atoms with Crippen LogP contribution in [-0.4, -0.2) is 22.2 Å². The fourth-order valence-electron chi connectivity index (χ4n) is 1.47. The van der Waals surface area contributed by atoms with E-state index in [4.69, 9.17) is 10.2 Å². The number of carbonyl (C=O) groups is 2. The molecule has 0 unspecified atom stereocenters. The Hall–Kier alpha value is -2.62. The van der Waals surface area contributed by atoms with Gasteiger partial charge in [0.15, 0.2) is 0 Å². The third-order valence-electron chi connectivity index (χ3n) is 2.56. The third-order valence-corrected chi connectivity index (χ3v) is 2.56. The number of hydrogen-bond donors (Lipinski definition) is 2. The molecule has 2 rings (SSSR count). The Morgan fingerprint density at radius 2 is 1.30 bits per heavy atom. The first-order valence-corrected chi connectivity index (χ1v) is 6.00. The summed E-state index contributed by atoms with van der Waals surface area (Å²) in [4.78, 5) is 20.7. The second-order valence-electron chi connectivity index (χ2n) is 4.35. The molecule has 0 fully saturated rings. The minimum atomic E-state index is -0.875. The van der Waals surface area contributed by atoms with Crippen molar-refractivity contribution in [1.29, 1.82) is 0 Å². The first-order valence-electron chi connectivity index (χ1n) is 6.00. The van der Waals surface area contributed by atoms with Crippen LogP contribution in [0.25, 0.3) is 0 Å². The molecule has 2 N–H and O–H groups in total. The Balaban J connectivity index is 0.000000200. The number of aryl methyl sites for hydroxylation is 2. The average Bonchev–Trinajstić information content (AvgIpc) is 2.40. The highest BCUT2D eigenvalue weighted by molar-refractivity contribution is 5.88. The molecule has 0 amide bonds. The van der Waals surface area contributed by atoms with Crippen molar-refractivity contribution in [3.8, 4) is 0 Å². The number of benzene rings is 2. The lowest BCUT2D eigenvalue weighted by atomic mass is 10.1. The van der Waals surface area contributed by atoms with Crippen LogP contribution in [0.5, 0.6) is 0 Å². The van der Waals surface area contributed by atoms with E-state index in [1.54, 1.807) is 42.5 Å². The summed E-state index contributed by atoms with van der Waals surface area (Å²) in [5.74, 6) is -1.75. The minimum Gasteiger partial charge on any atom is -0.478 e. The summed E-state index contributed by atoms with van der Waals surface area (Å²) in [6.07, 6.45) is 0. The van der Waals surface area contributed by atoms with Crippen LogP contribution < -0.4 is 0 Å². The highest BCUT2D eigenvalue weighted by Gasteiger charge is 1.99. The number of rotatable bonds is 2. The molecule has 0 aliphatic carbocycles. The van der Waals surface area contributed by atoms with Gasteiger partial charge in [-0.1, -0.05) is 35.4 Å². The summed E-state index contributed by atoms with van der Waals surface area (Å²) in [5, 5.41) is 17.0. The van der Waals surface area contributed by atoms with Crippen LogP contribution in [0.1, 0.15) is 31.8 Å². The molecule has 0 heterocycles. The van der Waals surface area contributed by atoms with E-state index in [0.29, 0.717) is 11.1 Å². The molecule has 2 aromatic carbocycles. The molecule has 0 atom stereocenters. The predicted octanol–water partition coefficient (Wildman–Crippen LogP) is 3.39. The minimum absolute atomic E-state index is 0.339. The van der Waals surface area contributed by atoms with Gasteiger partial charge in [-0.15, -0.1) is 0 Å². The molecule has 0 aliphatic rings. The smallest absolute Gasteiger partial charge is 0.335 e. The lowest BCUT2D eigenvalue weighted by molar-refractivity contribution is 0.0686. The van der Waals surface area contributed by atoms with Crippen LogP contribution in [0.3, 0.4) is 0 Å². The maximum Gasteiger partial charge on any atom is 0.335 e. The maximum atomic E-state index is 10.4. The van der Waals surface area contributed by atoms with Crippen molar-refractivity contribution in [1.82, 2.24) is 0 Å². The highest BCUT2D eigenvalue weighted by Crippen LogP contribution is 2.03. The Bertz CT molecular complexity index is 600. The first kappa shape index (κ1) is 15.4.